The maximum Gasteiger partial charge on any atom is 0.233 e. The molecule has 1 heterocycles. The summed E-state index contributed by atoms with van der Waals surface area (Å²) in [6.45, 7) is 4.96. The van der Waals surface area contributed by atoms with Crippen molar-refractivity contribution in [2.24, 2.45) is 0 Å². The number of carbonyl (C=O) groups is 1. The van der Waals surface area contributed by atoms with Crippen molar-refractivity contribution in [3.63, 3.8) is 0 Å². The van der Waals surface area contributed by atoms with Gasteiger partial charge >= 0.3 is 0 Å². The SMILES string of the molecule is Cc1ccc(SCC(=O)N2CCN([C@@H](CO)c3cccc(Cl)c3)CC2)cc1. The lowest BCUT2D eigenvalue weighted by Crippen LogP contribution is -2.50. The lowest BCUT2D eigenvalue weighted by Gasteiger charge is -2.39. The summed E-state index contributed by atoms with van der Waals surface area (Å²) in [6, 6.07) is 15.8. The topological polar surface area (TPSA) is 43.8 Å². The smallest absolute Gasteiger partial charge is 0.233 e. The average molecular weight is 405 g/mol. The van der Waals surface area contributed by atoms with Crippen molar-refractivity contribution in [2.75, 3.05) is 38.5 Å². The zero-order valence-corrected chi connectivity index (χ0v) is 17.0. The lowest BCUT2D eigenvalue weighted by atomic mass is 10.1. The Bertz CT molecular complexity index is 761. The Hall–Kier alpha value is -1.53. The molecule has 2 aromatic rings. The van der Waals surface area contributed by atoms with E-state index in [2.05, 4.69) is 36.1 Å². The number of nitrogens with zero attached hydrogens (tertiary/aromatic N) is 2. The van der Waals surface area contributed by atoms with E-state index in [0.29, 0.717) is 23.9 Å². The Morgan fingerprint density at radius 2 is 1.85 bits per heavy atom. The molecular weight excluding hydrogens is 380 g/mol. The van der Waals surface area contributed by atoms with E-state index in [0.717, 1.165) is 23.5 Å². The number of aliphatic hydroxyl groups is 1. The number of benzene rings is 2. The van der Waals surface area contributed by atoms with E-state index in [1.54, 1.807) is 11.8 Å². The fourth-order valence-corrected chi connectivity index (χ4v) is 4.30. The van der Waals surface area contributed by atoms with Crippen LogP contribution in [-0.4, -0.2) is 59.4 Å². The van der Waals surface area contributed by atoms with Gasteiger partial charge in [-0.15, -0.1) is 11.8 Å². The van der Waals surface area contributed by atoms with Gasteiger partial charge in [-0.05, 0) is 36.8 Å². The second-order valence-electron chi connectivity index (χ2n) is 6.77. The van der Waals surface area contributed by atoms with Crippen LogP contribution in [0.15, 0.2) is 53.4 Å². The quantitative estimate of drug-likeness (QED) is 0.747. The predicted molar refractivity (Wildman–Crippen MR) is 111 cm³/mol. The molecule has 0 saturated carbocycles. The zero-order valence-electron chi connectivity index (χ0n) is 15.5. The van der Waals surface area contributed by atoms with Crippen molar-refractivity contribution in [3.8, 4) is 0 Å². The van der Waals surface area contributed by atoms with Crippen LogP contribution in [0.1, 0.15) is 17.2 Å². The van der Waals surface area contributed by atoms with Gasteiger partial charge in [-0.1, -0.05) is 41.4 Å². The van der Waals surface area contributed by atoms with Crippen LogP contribution >= 0.6 is 23.4 Å². The Kier molecular flexibility index (Phi) is 7.19. The molecule has 0 aromatic heterocycles. The summed E-state index contributed by atoms with van der Waals surface area (Å²) < 4.78 is 0. The largest absolute Gasteiger partial charge is 0.394 e. The van der Waals surface area contributed by atoms with Gasteiger partial charge in [0.1, 0.15) is 0 Å². The van der Waals surface area contributed by atoms with Gasteiger partial charge in [-0.3, -0.25) is 9.69 Å². The maximum atomic E-state index is 12.5. The highest BCUT2D eigenvalue weighted by molar-refractivity contribution is 8.00. The monoisotopic (exact) mass is 404 g/mol. The van der Waals surface area contributed by atoms with Crippen LogP contribution in [-0.2, 0) is 4.79 Å². The summed E-state index contributed by atoms with van der Waals surface area (Å²) in [6.07, 6.45) is 0. The molecule has 0 spiro atoms. The summed E-state index contributed by atoms with van der Waals surface area (Å²) >= 11 is 7.67. The molecule has 1 saturated heterocycles. The second-order valence-corrected chi connectivity index (χ2v) is 8.26. The van der Waals surface area contributed by atoms with Gasteiger partial charge in [-0.2, -0.15) is 0 Å². The van der Waals surface area contributed by atoms with E-state index in [1.807, 2.05) is 29.2 Å². The third kappa shape index (κ3) is 5.48. The molecular formula is C21H25ClN2O2S. The van der Waals surface area contributed by atoms with E-state index >= 15 is 0 Å². The van der Waals surface area contributed by atoms with E-state index in [-0.39, 0.29) is 18.6 Å². The summed E-state index contributed by atoms with van der Waals surface area (Å²) in [5.74, 6) is 0.629. The van der Waals surface area contributed by atoms with Gasteiger partial charge in [0.2, 0.25) is 5.91 Å². The van der Waals surface area contributed by atoms with Gasteiger partial charge in [0.05, 0.1) is 18.4 Å². The third-order valence-electron chi connectivity index (χ3n) is 4.90. The van der Waals surface area contributed by atoms with Crippen molar-refractivity contribution < 1.29 is 9.90 Å². The molecule has 0 aliphatic carbocycles. The molecule has 2 aromatic carbocycles. The van der Waals surface area contributed by atoms with Gasteiger partial charge in [0.15, 0.2) is 0 Å². The summed E-state index contributed by atoms with van der Waals surface area (Å²) in [5, 5.41) is 10.5. The number of aliphatic hydroxyl groups excluding tert-OH is 1. The average Bonchev–Trinajstić information content (AvgIpc) is 2.68. The number of thioether (sulfide) groups is 1. The Balaban J connectivity index is 1.51. The molecule has 144 valence electrons. The van der Waals surface area contributed by atoms with Crippen molar-refractivity contribution in [3.05, 3.63) is 64.7 Å². The van der Waals surface area contributed by atoms with E-state index < -0.39 is 0 Å². The Morgan fingerprint density at radius 3 is 2.48 bits per heavy atom. The normalized spacial score (nSPS) is 16.3. The van der Waals surface area contributed by atoms with Crippen molar-refractivity contribution in [1.29, 1.82) is 0 Å². The van der Waals surface area contributed by atoms with Crippen molar-refractivity contribution in [2.45, 2.75) is 17.9 Å². The summed E-state index contributed by atoms with van der Waals surface area (Å²) in [5.41, 5.74) is 2.24. The number of halogens is 1. The molecule has 27 heavy (non-hydrogen) atoms. The first-order valence-corrected chi connectivity index (χ1v) is 10.5. The predicted octanol–water partition coefficient (Wildman–Crippen LogP) is 3.62. The van der Waals surface area contributed by atoms with Crippen LogP contribution in [0.4, 0.5) is 0 Å². The molecule has 4 nitrogen and oxygen atoms in total. The maximum absolute atomic E-state index is 12.5. The second kappa shape index (κ2) is 9.60. The number of rotatable bonds is 6. The van der Waals surface area contributed by atoms with Crippen LogP contribution < -0.4 is 0 Å². The van der Waals surface area contributed by atoms with Crippen LogP contribution in [0.3, 0.4) is 0 Å². The zero-order chi connectivity index (χ0) is 19.2. The van der Waals surface area contributed by atoms with E-state index in [1.165, 1.54) is 5.56 Å². The van der Waals surface area contributed by atoms with Gasteiger partial charge < -0.3 is 10.0 Å². The minimum atomic E-state index is -0.0807. The number of hydrogen-bond donors (Lipinski definition) is 1. The van der Waals surface area contributed by atoms with Crippen molar-refractivity contribution >= 4 is 29.3 Å². The number of amides is 1. The van der Waals surface area contributed by atoms with Crippen LogP contribution in [0.5, 0.6) is 0 Å². The van der Waals surface area contributed by atoms with Gasteiger partial charge in [-0.25, -0.2) is 0 Å². The first-order valence-electron chi connectivity index (χ1n) is 9.14. The highest BCUT2D eigenvalue weighted by Gasteiger charge is 2.26. The number of hydrogen-bond acceptors (Lipinski definition) is 4. The third-order valence-corrected chi connectivity index (χ3v) is 6.13. The standard InChI is InChI=1S/C21H25ClN2O2S/c1-16-5-7-19(8-6-16)27-15-21(26)24-11-9-23(10-12-24)20(14-25)17-3-2-4-18(22)13-17/h2-8,13,20,25H,9-12,14-15H2,1H3/t20-/m0/s1. The highest BCUT2D eigenvalue weighted by Crippen LogP contribution is 2.25. The van der Waals surface area contributed by atoms with Gasteiger partial charge in [0, 0.05) is 36.1 Å². The minimum Gasteiger partial charge on any atom is -0.394 e. The molecule has 0 radical (unpaired) electrons. The lowest BCUT2D eigenvalue weighted by molar-refractivity contribution is -0.130. The molecule has 0 bridgehead atoms. The fourth-order valence-electron chi connectivity index (χ4n) is 3.30. The van der Waals surface area contributed by atoms with Crippen LogP contribution in [0.2, 0.25) is 5.02 Å². The first kappa shape index (κ1) is 20.2. The van der Waals surface area contributed by atoms with E-state index in [9.17, 15) is 9.90 Å². The summed E-state index contributed by atoms with van der Waals surface area (Å²) in [7, 11) is 0. The minimum absolute atomic E-state index is 0.0393. The molecule has 0 unspecified atom stereocenters. The fraction of sp³-hybridized carbons (Fsp3) is 0.381. The molecule has 6 heteroatoms. The molecule has 1 atom stereocenters. The molecule has 1 aliphatic rings. The van der Waals surface area contributed by atoms with E-state index in [4.69, 9.17) is 11.6 Å². The molecule has 1 fully saturated rings. The molecule has 1 amide bonds. The van der Waals surface area contributed by atoms with Gasteiger partial charge in [0.25, 0.3) is 0 Å². The first-order chi connectivity index (χ1) is 13.1. The molecule has 1 N–H and O–H groups in total. The molecule has 1 aliphatic heterocycles. The number of carbonyl (C=O) groups excluding carboxylic acids is 1. The van der Waals surface area contributed by atoms with Crippen molar-refractivity contribution in [1.82, 2.24) is 9.80 Å². The Morgan fingerprint density at radius 1 is 1.15 bits per heavy atom. The highest BCUT2D eigenvalue weighted by atomic mass is 35.5. The number of piperazine rings is 1. The number of aryl methyl sites for hydroxylation is 1. The Labute approximate surface area is 170 Å². The van der Waals surface area contributed by atoms with Crippen LogP contribution in [0.25, 0.3) is 0 Å². The van der Waals surface area contributed by atoms with Crippen LogP contribution in [0, 0.1) is 6.92 Å². The molecule has 3 rings (SSSR count). The summed E-state index contributed by atoms with van der Waals surface area (Å²) in [4.78, 5) is 17.8.